The molecule has 1 N–H and O–H groups in total. The van der Waals surface area contributed by atoms with Crippen LogP contribution in [0, 0.1) is 5.41 Å². The largest absolute Gasteiger partial charge is 0.409 e. The molecule has 2 fully saturated rings. The predicted molar refractivity (Wildman–Crippen MR) is 115 cm³/mol. The number of nitrogens with one attached hydrogen (secondary N) is 1. The van der Waals surface area contributed by atoms with Crippen LogP contribution in [0.4, 0.5) is 4.39 Å². The number of alkyl halides is 1. The standard InChI is InChI=1S/C21H32Cl2FNOSi/c1-4-27(5-2,6-3)26-18(19-16(22)8-7-9-17(19)23)12-25-15-21(24)13-20(14-21)10-11-20/h7-9,18,25H,4-6,10-15H2,1-3H3. The molecule has 2 aliphatic rings. The highest BCUT2D eigenvalue weighted by atomic mass is 35.5. The molecule has 1 aromatic rings. The highest BCUT2D eigenvalue weighted by Gasteiger charge is 2.61. The molecule has 0 aromatic heterocycles. The van der Waals surface area contributed by atoms with Crippen molar-refractivity contribution in [2.24, 2.45) is 5.41 Å². The normalized spacial score (nSPS) is 21.1. The van der Waals surface area contributed by atoms with Crippen molar-refractivity contribution >= 4 is 31.5 Å². The third kappa shape index (κ3) is 4.72. The molecule has 1 aromatic carbocycles. The van der Waals surface area contributed by atoms with Crippen LogP contribution < -0.4 is 5.32 Å². The third-order valence-corrected chi connectivity index (χ3v) is 12.1. The van der Waals surface area contributed by atoms with Crippen LogP contribution in [0.15, 0.2) is 18.2 Å². The second-order valence-corrected chi connectivity index (χ2v) is 14.2. The molecule has 3 rings (SSSR count). The zero-order chi connectivity index (χ0) is 19.7. The smallest absolute Gasteiger partial charge is 0.192 e. The van der Waals surface area contributed by atoms with Crippen molar-refractivity contribution in [2.75, 3.05) is 13.1 Å². The highest BCUT2D eigenvalue weighted by molar-refractivity contribution is 6.73. The second-order valence-electron chi connectivity index (χ2n) is 8.62. The van der Waals surface area contributed by atoms with Gasteiger partial charge in [0.1, 0.15) is 5.67 Å². The molecule has 6 heteroatoms. The first kappa shape index (κ1) is 21.6. The summed E-state index contributed by atoms with van der Waals surface area (Å²) < 4.78 is 21.6. The Hall–Kier alpha value is -0.133. The van der Waals surface area contributed by atoms with Crippen LogP contribution in [-0.2, 0) is 4.43 Å². The Kier molecular flexibility index (Phi) is 6.64. The zero-order valence-corrected chi connectivity index (χ0v) is 19.2. The van der Waals surface area contributed by atoms with Gasteiger partial charge in [-0.2, -0.15) is 0 Å². The lowest BCUT2D eigenvalue weighted by atomic mass is 9.69. The van der Waals surface area contributed by atoms with Crippen LogP contribution >= 0.6 is 23.2 Å². The average molecular weight is 432 g/mol. The SMILES string of the molecule is CC[Si](CC)(CC)OC(CNCC1(F)CC2(CC2)C1)c1c(Cl)cccc1Cl. The Morgan fingerprint density at radius 1 is 1.11 bits per heavy atom. The van der Waals surface area contributed by atoms with E-state index in [2.05, 4.69) is 26.1 Å². The Labute approximate surface area is 174 Å². The minimum absolute atomic E-state index is 0.240. The van der Waals surface area contributed by atoms with Crippen molar-refractivity contribution in [3.63, 3.8) is 0 Å². The topological polar surface area (TPSA) is 21.3 Å². The van der Waals surface area contributed by atoms with Crippen molar-refractivity contribution in [1.29, 1.82) is 0 Å². The maximum Gasteiger partial charge on any atom is 0.192 e. The van der Waals surface area contributed by atoms with Crippen molar-refractivity contribution in [2.45, 2.75) is 76.4 Å². The molecule has 0 saturated heterocycles. The minimum atomic E-state index is -1.86. The van der Waals surface area contributed by atoms with Gasteiger partial charge in [0.05, 0.1) is 6.10 Å². The summed E-state index contributed by atoms with van der Waals surface area (Å²) in [5, 5.41) is 4.59. The van der Waals surface area contributed by atoms with Gasteiger partial charge in [-0.15, -0.1) is 0 Å². The molecule has 27 heavy (non-hydrogen) atoms. The van der Waals surface area contributed by atoms with E-state index in [9.17, 15) is 4.39 Å². The van der Waals surface area contributed by atoms with Crippen molar-refractivity contribution in [3.8, 4) is 0 Å². The van der Waals surface area contributed by atoms with Gasteiger partial charge in [-0.25, -0.2) is 4.39 Å². The van der Waals surface area contributed by atoms with Gasteiger partial charge >= 0.3 is 0 Å². The molecule has 0 heterocycles. The van der Waals surface area contributed by atoms with E-state index in [4.69, 9.17) is 27.6 Å². The van der Waals surface area contributed by atoms with Gasteiger partial charge in [0.2, 0.25) is 0 Å². The number of halogens is 3. The van der Waals surface area contributed by atoms with Gasteiger partial charge in [0.15, 0.2) is 8.32 Å². The van der Waals surface area contributed by atoms with Crippen LogP contribution in [0.3, 0.4) is 0 Å². The Morgan fingerprint density at radius 3 is 2.15 bits per heavy atom. The molecule has 2 aliphatic carbocycles. The fourth-order valence-electron chi connectivity index (χ4n) is 4.70. The summed E-state index contributed by atoms with van der Waals surface area (Å²) >= 11 is 13.0. The van der Waals surface area contributed by atoms with E-state index in [1.54, 1.807) is 0 Å². The van der Waals surface area contributed by atoms with E-state index in [0.29, 0.717) is 41.4 Å². The van der Waals surface area contributed by atoms with Gasteiger partial charge in [0.25, 0.3) is 0 Å². The van der Waals surface area contributed by atoms with E-state index < -0.39 is 14.0 Å². The maximum absolute atomic E-state index is 14.8. The van der Waals surface area contributed by atoms with Gasteiger partial charge in [-0.05, 0) is 61.4 Å². The van der Waals surface area contributed by atoms with Crippen LogP contribution in [-0.4, -0.2) is 27.1 Å². The van der Waals surface area contributed by atoms with E-state index in [1.807, 2.05) is 18.2 Å². The quantitative estimate of drug-likeness (QED) is 0.405. The van der Waals surface area contributed by atoms with Gasteiger partial charge in [-0.3, -0.25) is 0 Å². The fraction of sp³-hybridized carbons (Fsp3) is 0.714. The lowest BCUT2D eigenvalue weighted by molar-refractivity contribution is -0.00845. The molecular weight excluding hydrogens is 400 g/mol. The molecule has 0 radical (unpaired) electrons. The molecule has 1 spiro atoms. The summed E-state index contributed by atoms with van der Waals surface area (Å²) in [7, 11) is -1.86. The molecule has 0 aliphatic heterocycles. The second kappa shape index (κ2) is 8.31. The van der Waals surface area contributed by atoms with Crippen LogP contribution in [0.25, 0.3) is 0 Å². The van der Waals surface area contributed by atoms with Crippen molar-refractivity contribution in [1.82, 2.24) is 5.32 Å². The first-order valence-corrected chi connectivity index (χ1v) is 13.6. The summed E-state index contributed by atoms with van der Waals surface area (Å²) in [5.41, 5.74) is 0.133. The van der Waals surface area contributed by atoms with Gasteiger partial charge in [-0.1, -0.05) is 50.0 Å². The van der Waals surface area contributed by atoms with Crippen LogP contribution in [0.5, 0.6) is 0 Å². The predicted octanol–water partition coefficient (Wildman–Crippen LogP) is 6.93. The number of rotatable bonds is 10. The van der Waals surface area contributed by atoms with Crippen molar-refractivity contribution < 1.29 is 8.82 Å². The first-order valence-electron chi connectivity index (χ1n) is 10.3. The van der Waals surface area contributed by atoms with E-state index in [0.717, 1.165) is 23.7 Å². The molecular formula is C21H32Cl2FNOSi. The lowest BCUT2D eigenvalue weighted by Crippen LogP contribution is -2.50. The Morgan fingerprint density at radius 2 is 1.67 bits per heavy atom. The lowest BCUT2D eigenvalue weighted by Gasteiger charge is -2.43. The summed E-state index contributed by atoms with van der Waals surface area (Å²) in [6.45, 7) is 7.54. The minimum Gasteiger partial charge on any atom is -0.409 e. The Balaban J connectivity index is 1.71. The molecule has 2 saturated carbocycles. The van der Waals surface area contributed by atoms with E-state index in [-0.39, 0.29) is 6.10 Å². The fourth-order valence-corrected chi connectivity index (χ4v) is 8.14. The summed E-state index contributed by atoms with van der Waals surface area (Å²) in [4.78, 5) is 0. The van der Waals surface area contributed by atoms with E-state index >= 15 is 0 Å². The van der Waals surface area contributed by atoms with Gasteiger partial charge < -0.3 is 9.74 Å². The first-order chi connectivity index (χ1) is 12.8. The number of hydrogen-bond acceptors (Lipinski definition) is 2. The number of benzene rings is 1. The summed E-state index contributed by atoms with van der Waals surface area (Å²) in [5.74, 6) is 0. The van der Waals surface area contributed by atoms with Crippen molar-refractivity contribution in [3.05, 3.63) is 33.8 Å². The molecule has 0 amide bonds. The monoisotopic (exact) mass is 431 g/mol. The third-order valence-electron chi connectivity index (χ3n) is 6.76. The summed E-state index contributed by atoms with van der Waals surface area (Å²) in [6, 6.07) is 8.70. The average Bonchev–Trinajstić information content (AvgIpc) is 3.38. The highest BCUT2D eigenvalue weighted by Crippen LogP contribution is 2.66. The number of hydrogen-bond donors (Lipinski definition) is 1. The van der Waals surface area contributed by atoms with Gasteiger partial charge in [0, 0.05) is 28.7 Å². The zero-order valence-electron chi connectivity index (χ0n) is 16.7. The molecule has 152 valence electrons. The maximum atomic E-state index is 14.8. The Bertz CT molecular complexity index is 627. The molecule has 0 bridgehead atoms. The summed E-state index contributed by atoms with van der Waals surface area (Å²) in [6.07, 6.45) is 3.59. The van der Waals surface area contributed by atoms with E-state index in [1.165, 1.54) is 12.8 Å². The molecule has 1 atom stereocenters. The van der Waals surface area contributed by atoms with Crippen LogP contribution in [0.2, 0.25) is 28.2 Å². The molecule has 1 unspecified atom stereocenters. The van der Waals surface area contributed by atoms with Crippen LogP contribution in [0.1, 0.15) is 58.1 Å². The molecule has 2 nitrogen and oxygen atoms in total.